The molecule has 1 rings (SSSR count). The lowest BCUT2D eigenvalue weighted by Crippen LogP contribution is -2.32. The summed E-state index contributed by atoms with van der Waals surface area (Å²) in [5.41, 5.74) is -0.308. The van der Waals surface area contributed by atoms with Crippen LogP contribution in [0.2, 0.25) is 0 Å². The van der Waals surface area contributed by atoms with E-state index in [4.69, 9.17) is 5.11 Å². The van der Waals surface area contributed by atoms with Crippen LogP contribution in [0.1, 0.15) is 19.8 Å². The molecule has 1 heterocycles. The van der Waals surface area contributed by atoms with Crippen molar-refractivity contribution < 1.29 is 24.6 Å². The van der Waals surface area contributed by atoms with Crippen molar-refractivity contribution >= 4 is 17.7 Å². The number of Topliss-reactive ketones (excluding diaryl/α,β-unsaturated/α-hetero) is 1. The first-order chi connectivity index (χ1) is 12.4. The highest BCUT2D eigenvalue weighted by Crippen LogP contribution is 2.24. The first-order valence-corrected chi connectivity index (χ1v) is 8.16. The molecule has 1 fully saturated rings. The molecule has 138 valence electrons. The maximum atomic E-state index is 12.3. The van der Waals surface area contributed by atoms with Crippen LogP contribution in [-0.4, -0.2) is 45.9 Å². The zero-order chi connectivity index (χ0) is 19.5. The molecule has 1 saturated heterocycles. The van der Waals surface area contributed by atoms with Crippen molar-refractivity contribution in [1.29, 1.82) is 0 Å². The van der Waals surface area contributed by atoms with Crippen molar-refractivity contribution in [2.75, 3.05) is 7.05 Å². The van der Waals surface area contributed by atoms with Gasteiger partial charge in [-0.3, -0.25) is 14.4 Å². The number of carboxylic acids is 1. The Hall–Kier alpha value is -3.15. The van der Waals surface area contributed by atoms with Crippen LogP contribution in [0.15, 0.2) is 72.1 Å². The number of aliphatic hydroxyl groups excluding tert-OH is 1. The van der Waals surface area contributed by atoms with E-state index in [-0.39, 0.29) is 18.4 Å². The largest absolute Gasteiger partial charge is 0.507 e. The van der Waals surface area contributed by atoms with E-state index in [1.807, 2.05) is 37.3 Å². The first kappa shape index (κ1) is 20.9. The van der Waals surface area contributed by atoms with Gasteiger partial charge in [0.1, 0.15) is 11.3 Å². The Bertz CT molecular complexity index is 722. The number of carbonyl (C=O) groups is 3. The fourth-order valence-corrected chi connectivity index (χ4v) is 2.31. The summed E-state index contributed by atoms with van der Waals surface area (Å²) in [6.07, 6.45) is 17.1. The van der Waals surface area contributed by atoms with E-state index in [2.05, 4.69) is 0 Å². The normalized spacial score (nSPS) is 20.8. The Labute approximate surface area is 152 Å². The Morgan fingerprint density at radius 3 is 2.08 bits per heavy atom. The molecule has 1 unspecified atom stereocenters. The topological polar surface area (TPSA) is 94.9 Å². The predicted octanol–water partition coefficient (Wildman–Crippen LogP) is 2.87. The molecule has 1 aliphatic heterocycles. The van der Waals surface area contributed by atoms with Crippen molar-refractivity contribution in [1.82, 2.24) is 4.90 Å². The van der Waals surface area contributed by atoms with Gasteiger partial charge in [0.05, 0.1) is 6.04 Å². The maximum absolute atomic E-state index is 12.3. The zero-order valence-electron chi connectivity index (χ0n) is 14.8. The van der Waals surface area contributed by atoms with Gasteiger partial charge in [-0.2, -0.15) is 0 Å². The number of aliphatic carboxylic acids is 1. The number of hydrogen-bond acceptors (Lipinski definition) is 4. The summed E-state index contributed by atoms with van der Waals surface area (Å²) in [6, 6.07) is -0.855. The number of likely N-dealkylation sites (N-methyl/N-ethyl adjacent to an activating group) is 1. The van der Waals surface area contributed by atoms with Crippen LogP contribution < -0.4 is 0 Å². The molecule has 26 heavy (non-hydrogen) atoms. The number of rotatable bonds is 8. The van der Waals surface area contributed by atoms with E-state index in [0.29, 0.717) is 0 Å². The van der Waals surface area contributed by atoms with Crippen molar-refractivity contribution in [2.24, 2.45) is 0 Å². The SMILES string of the molecule is C/C=C/C=C/C=C/C=C/C=C/C(O)=C1/C(=O)C(CCC(=O)O)N(C)C1=O. The van der Waals surface area contributed by atoms with Crippen LogP contribution in [0.3, 0.4) is 0 Å². The fourth-order valence-electron chi connectivity index (χ4n) is 2.31. The van der Waals surface area contributed by atoms with Gasteiger partial charge in [-0.15, -0.1) is 0 Å². The summed E-state index contributed by atoms with van der Waals surface area (Å²) in [7, 11) is 1.42. The van der Waals surface area contributed by atoms with Gasteiger partial charge in [-0.25, -0.2) is 0 Å². The summed E-state index contributed by atoms with van der Waals surface area (Å²) < 4.78 is 0. The number of carboxylic acid groups (broad SMARTS) is 1. The molecule has 1 atom stereocenters. The second-order valence-electron chi connectivity index (χ2n) is 5.53. The molecule has 2 N–H and O–H groups in total. The lowest BCUT2D eigenvalue weighted by molar-refractivity contribution is -0.138. The van der Waals surface area contributed by atoms with Gasteiger partial charge in [0.2, 0.25) is 0 Å². The molecule has 1 aliphatic rings. The number of amides is 1. The lowest BCUT2D eigenvalue weighted by atomic mass is 10.0. The Morgan fingerprint density at radius 2 is 1.54 bits per heavy atom. The van der Waals surface area contributed by atoms with Gasteiger partial charge in [0, 0.05) is 13.5 Å². The van der Waals surface area contributed by atoms with Crippen molar-refractivity contribution in [3.8, 4) is 0 Å². The lowest BCUT2D eigenvalue weighted by Gasteiger charge is -2.16. The summed E-state index contributed by atoms with van der Waals surface area (Å²) >= 11 is 0. The highest BCUT2D eigenvalue weighted by molar-refractivity contribution is 6.26. The molecule has 0 aliphatic carbocycles. The number of aliphatic hydroxyl groups is 1. The average molecular weight is 357 g/mol. The van der Waals surface area contributed by atoms with Gasteiger partial charge < -0.3 is 15.1 Å². The van der Waals surface area contributed by atoms with E-state index < -0.39 is 29.5 Å². The number of carbonyl (C=O) groups excluding carboxylic acids is 2. The minimum absolute atomic E-state index is 0.0162. The van der Waals surface area contributed by atoms with Crippen LogP contribution >= 0.6 is 0 Å². The molecule has 1 amide bonds. The fraction of sp³-hybridized carbons (Fsp3) is 0.250. The van der Waals surface area contributed by atoms with E-state index in [1.54, 1.807) is 18.2 Å². The molecule has 0 bridgehead atoms. The Balaban J connectivity index is 2.77. The summed E-state index contributed by atoms with van der Waals surface area (Å²) in [5.74, 6) is -2.63. The minimum Gasteiger partial charge on any atom is -0.507 e. The van der Waals surface area contributed by atoms with Crippen LogP contribution in [0.4, 0.5) is 0 Å². The standard InChI is InChI=1S/C20H23NO5/c1-3-4-5-6-7-8-9-10-11-12-16(22)18-19(25)15(13-14-17(23)24)21(2)20(18)26/h3-12,15,22H,13-14H2,1-2H3,(H,23,24)/b4-3+,6-5+,8-7+,10-9+,12-11+,18-16+. The molecule has 0 aromatic heterocycles. The summed E-state index contributed by atoms with van der Waals surface area (Å²) in [6.45, 7) is 1.92. The molecule has 0 aromatic carbocycles. The smallest absolute Gasteiger partial charge is 0.303 e. The molecular formula is C20H23NO5. The Kier molecular flexibility index (Phi) is 8.57. The molecule has 6 heteroatoms. The van der Waals surface area contributed by atoms with E-state index in [1.165, 1.54) is 24.1 Å². The number of hydrogen-bond donors (Lipinski definition) is 2. The minimum atomic E-state index is -1.04. The second-order valence-corrected chi connectivity index (χ2v) is 5.53. The molecule has 0 radical (unpaired) electrons. The second kappa shape index (κ2) is 10.7. The first-order valence-electron chi connectivity index (χ1n) is 8.16. The summed E-state index contributed by atoms with van der Waals surface area (Å²) in [4.78, 5) is 36.3. The third-order valence-corrected chi connectivity index (χ3v) is 3.66. The van der Waals surface area contributed by atoms with Crippen LogP contribution in [0.25, 0.3) is 0 Å². The van der Waals surface area contributed by atoms with Gasteiger partial charge in [-0.05, 0) is 19.4 Å². The van der Waals surface area contributed by atoms with Gasteiger partial charge in [-0.1, -0.05) is 54.7 Å². The van der Waals surface area contributed by atoms with E-state index in [9.17, 15) is 19.5 Å². The van der Waals surface area contributed by atoms with Crippen LogP contribution in [0, 0.1) is 0 Å². The number of allylic oxidation sites excluding steroid dienone is 10. The van der Waals surface area contributed by atoms with Crippen molar-refractivity contribution in [3.63, 3.8) is 0 Å². The van der Waals surface area contributed by atoms with E-state index in [0.717, 1.165) is 0 Å². The number of nitrogens with zero attached hydrogens (tertiary/aromatic N) is 1. The van der Waals surface area contributed by atoms with Gasteiger partial charge in [0.25, 0.3) is 5.91 Å². The monoisotopic (exact) mass is 357 g/mol. The summed E-state index contributed by atoms with van der Waals surface area (Å²) in [5, 5.41) is 18.8. The quantitative estimate of drug-likeness (QED) is 0.301. The van der Waals surface area contributed by atoms with E-state index >= 15 is 0 Å². The predicted molar refractivity (Wildman–Crippen MR) is 99.5 cm³/mol. The molecule has 0 aromatic rings. The van der Waals surface area contributed by atoms with Crippen molar-refractivity contribution in [2.45, 2.75) is 25.8 Å². The van der Waals surface area contributed by atoms with Crippen LogP contribution in [-0.2, 0) is 14.4 Å². The zero-order valence-corrected chi connectivity index (χ0v) is 14.8. The molecule has 0 saturated carbocycles. The third kappa shape index (κ3) is 6.05. The average Bonchev–Trinajstić information content (AvgIpc) is 2.80. The number of likely N-dealkylation sites (tertiary alicyclic amines) is 1. The molecular weight excluding hydrogens is 334 g/mol. The third-order valence-electron chi connectivity index (χ3n) is 3.66. The molecule has 0 spiro atoms. The van der Waals surface area contributed by atoms with Gasteiger partial charge in [0.15, 0.2) is 5.78 Å². The van der Waals surface area contributed by atoms with Crippen LogP contribution in [0.5, 0.6) is 0 Å². The highest BCUT2D eigenvalue weighted by Gasteiger charge is 2.42. The molecule has 6 nitrogen and oxygen atoms in total. The number of ketones is 1. The Morgan fingerprint density at radius 1 is 1.00 bits per heavy atom. The maximum Gasteiger partial charge on any atom is 0.303 e. The highest BCUT2D eigenvalue weighted by atomic mass is 16.4. The van der Waals surface area contributed by atoms with Crippen molar-refractivity contribution in [3.05, 3.63) is 72.1 Å². The van der Waals surface area contributed by atoms with Gasteiger partial charge >= 0.3 is 5.97 Å².